The average Bonchev–Trinajstić information content (AvgIpc) is 2.79. The third-order valence-electron chi connectivity index (χ3n) is 5.10. The van der Waals surface area contributed by atoms with Gasteiger partial charge in [0, 0.05) is 30.3 Å². The van der Waals surface area contributed by atoms with E-state index < -0.39 is 41.9 Å². The minimum Gasteiger partial charge on any atom is -0.550 e. The molecule has 1 aromatic carbocycles. The van der Waals surface area contributed by atoms with Crippen molar-refractivity contribution in [2.24, 2.45) is 0 Å². The van der Waals surface area contributed by atoms with Gasteiger partial charge in [0.1, 0.15) is 0 Å². The van der Waals surface area contributed by atoms with E-state index >= 15 is 0 Å². The van der Waals surface area contributed by atoms with Crippen molar-refractivity contribution in [1.29, 1.82) is 0 Å². The minimum absolute atomic E-state index is 0. The van der Waals surface area contributed by atoms with Gasteiger partial charge in [0.05, 0.1) is 18.1 Å². The molecular formula is C20H21N7O7Zn. The van der Waals surface area contributed by atoms with Gasteiger partial charge in [-0.25, -0.2) is 0 Å². The second-order valence-electron chi connectivity index (χ2n) is 7.41. The molecular weight excluding hydrogens is 516 g/mol. The topological polar surface area (TPSA) is 225 Å². The van der Waals surface area contributed by atoms with Crippen molar-refractivity contribution in [1.82, 2.24) is 15.3 Å². The van der Waals surface area contributed by atoms with E-state index in [-0.39, 0.29) is 55.5 Å². The number of nitrogens with zero attached hydrogens (tertiary/aromatic N) is 2. The summed E-state index contributed by atoms with van der Waals surface area (Å²) in [6.07, 6.45) is -0.386. The Labute approximate surface area is 211 Å². The fraction of sp³-hybridized carbons (Fsp3) is 0.300. The van der Waals surface area contributed by atoms with E-state index in [1.807, 2.05) is 0 Å². The summed E-state index contributed by atoms with van der Waals surface area (Å²) in [5, 5.41) is 29.9. The molecule has 1 aliphatic heterocycles. The summed E-state index contributed by atoms with van der Waals surface area (Å²) in [7, 11) is 0. The molecule has 15 heteroatoms. The van der Waals surface area contributed by atoms with E-state index in [1.54, 1.807) is 12.1 Å². The Morgan fingerprint density at radius 2 is 1.94 bits per heavy atom. The van der Waals surface area contributed by atoms with Crippen molar-refractivity contribution in [3.63, 3.8) is 0 Å². The number of fused-ring (bicyclic) bond motifs is 1. The van der Waals surface area contributed by atoms with Crippen molar-refractivity contribution in [2.75, 3.05) is 34.4 Å². The van der Waals surface area contributed by atoms with Crippen LogP contribution in [0.2, 0.25) is 0 Å². The van der Waals surface area contributed by atoms with Crippen LogP contribution < -0.4 is 42.4 Å². The van der Waals surface area contributed by atoms with Gasteiger partial charge in [-0.15, -0.1) is 0 Å². The fourth-order valence-corrected chi connectivity index (χ4v) is 3.38. The van der Waals surface area contributed by atoms with Gasteiger partial charge in [-0.3, -0.25) is 19.4 Å². The zero-order valence-corrected chi connectivity index (χ0v) is 21.4. The first-order chi connectivity index (χ1) is 16.2. The van der Waals surface area contributed by atoms with Gasteiger partial charge in [0.25, 0.3) is 11.5 Å². The zero-order chi connectivity index (χ0) is 24.8. The Hall–Kier alpha value is -4.00. The number of amides is 2. The number of anilines is 4. The standard InChI is InChI=1S/C20H23N7O7.Zn/c21-20-25-16-15(18(32)26-20)27(9-28)12(8-23-16)7-22-11-3-1-10(2-4-11)17(31)24-13(19(33)34)5-6-14(29)30;/h1-4,9,12-13,22H,5-8H2,(H,24,31)(H,29,30)(H,33,34)(H4,21,23,25,26,32);/q;+2/p-2. The number of rotatable bonds is 10. The first kappa shape index (κ1) is 27.2. The second kappa shape index (κ2) is 11.9. The molecule has 0 saturated carbocycles. The Morgan fingerprint density at radius 3 is 2.54 bits per heavy atom. The number of carboxylic acid groups (broad SMARTS) is 2. The molecule has 1 aliphatic rings. The van der Waals surface area contributed by atoms with E-state index in [0.29, 0.717) is 18.6 Å². The van der Waals surface area contributed by atoms with Crippen LogP contribution in [0, 0.1) is 0 Å². The molecule has 2 aromatic rings. The first-order valence-electron chi connectivity index (χ1n) is 10.1. The van der Waals surface area contributed by atoms with Crippen LogP contribution in [0.4, 0.5) is 23.1 Å². The maximum Gasteiger partial charge on any atom is 2.00 e. The maximum atomic E-state index is 12.3. The zero-order valence-electron chi connectivity index (χ0n) is 18.4. The quantitative estimate of drug-likeness (QED) is 0.148. The Morgan fingerprint density at radius 1 is 1.26 bits per heavy atom. The summed E-state index contributed by atoms with van der Waals surface area (Å²) < 4.78 is 0. The monoisotopic (exact) mass is 535 g/mol. The van der Waals surface area contributed by atoms with Crippen molar-refractivity contribution in [3.8, 4) is 0 Å². The van der Waals surface area contributed by atoms with E-state index in [0.717, 1.165) is 0 Å². The van der Waals surface area contributed by atoms with Gasteiger partial charge in [0.15, 0.2) is 11.5 Å². The number of aromatic nitrogens is 2. The Kier molecular flexibility index (Phi) is 9.28. The predicted octanol–water partition coefficient (Wildman–Crippen LogP) is -3.40. The molecule has 0 fully saturated rings. The van der Waals surface area contributed by atoms with E-state index in [4.69, 9.17) is 5.73 Å². The number of H-pyrrole nitrogens is 1. The van der Waals surface area contributed by atoms with Crippen molar-refractivity contribution < 1.29 is 48.9 Å². The number of hydrogen-bond acceptors (Lipinski definition) is 11. The van der Waals surface area contributed by atoms with Crippen molar-refractivity contribution in [2.45, 2.75) is 24.9 Å². The Bertz CT molecular complexity index is 1160. The molecule has 2 unspecified atom stereocenters. The van der Waals surface area contributed by atoms with Crippen LogP contribution in [-0.2, 0) is 33.9 Å². The number of carboxylic acids is 2. The van der Waals surface area contributed by atoms with Gasteiger partial charge in [-0.1, -0.05) is 0 Å². The second-order valence-corrected chi connectivity index (χ2v) is 7.41. The summed E-state index contributed by atoms with van der Waals surface area (Å²) in [6, 6.07) is 4.08. The van der Waals surface area contributed by atoms with Gasteiger partial charge in [0.2, 0.25) is 12.4 Å². The predicted molar refractivity (Wildman–Crippen MR) is 116 cm³/mol. The van der Waals surface area contributed by atoms with Crippen LogP contribution in [0.1, 0.15) is 23.2 Å². The molecule has 1 aromatic heterocycles. The van der Waals surface area contributed by atoms with Crippen LogP contribution in [0.25, 0.3) is 0 Å². The number of nitrogens with one attached hydrogen (secondary N) is 4. The smallest absolute Gasteiger partial charge is 0.550 e. The normalized spacial score (nSPS) is 15.0. The number of carbonyl (C=O) groups excluding carboxylic acids is 4. The number of carbonyl (C=O) groups is 4. The number of benzene rings is 1. The van der Waals surface area contributed by atoms with E-state index in [9.17, 15) is 34.2 Å². The maximum absolute atomic E-state index is 12.3. The summed E-state index contributed by atoms with van der Waals surface area (Å²) in [6.45, 7) is 0.544. The number of hydrogen-bond donors (Lipinski definition) is 5. The summed E-state index contributed by atoms with van der Waals surface area (Å²) in [4.78, 5) is 65.4. The molecule has 14 nitrogen and oxygen atoms in total. The Balaban J connectivity index is 0.00000432. The molecule has 2 heterocycles. The molecule has 35 heavy (non-hydrogen) atoms. The molecule has 2 amide bonds. The molecule has 0 bridgehead atoms. The van der Waals surface area contributed by atoms with Crippen LogP contribution in [0.3, 0.4) is 0 Å². The van der Waals surface area contributed by atoms with E-state index in [2.05, 4.69) is 25.9 Å². The molecule has 6 N–H and O–H groups in total. The van der Waals surface area contributed by atoms with Crippen molar-refractivity contribution >= 4 is 47.4 Å². The summed E-state index contributed by atoms with van der Waals surface area (Å²) in [5.41, 5.74) is 5.75. The van der Waals surface area contributed by atoms with Crippen molar-refractivity contribution in [3.05, 3.63) is 40.2 Å². The molecule has 0 spiro atoms. The van der Waals surface area contributed by atoms with Gasteiger partial charge in [-0.05, 0) is 37.1 Å². The third kappa shape index (κ3) is 6.76. The summed E-state index contributed by atoms with van der Waals surface area (Å²) in [5.74, 6) is -3.63. The first-order valence-corrected chi connectivity index (χ1v) is 10.1. The fourth-order valence-electron chi connectivity index (χ4n) is 3.38. The third-order valence-corrected chi connectivity index (χ3v) is 5.10. The average molecular weight is 537 g/mol. The SMILES string of the molecule is Nc1nc2c(c(=O)[nH]1)N(C=O)C(CNc1ccc(C(=O)NC(CCC(=O)[O-])C(=O)[O-])cc1)CN2.[Zn+2]. The van der Waals surface area contributed by atoms with Gasteiger partial charge in [-0.2, -0.15) is 4.98 Å². The number of aliphatic carboxylic acids is 2. The molecule has 180 valence electrons. The van der Waals surface area contributed by atoms with Gasteiger partial charge < -0.3 is 46.4 Å². The number of nitrogen functional groups attached to an aromatic ring is 1. The number of aromatic amines is 1. The minimum atomic E-state index is -1.60. The van der Waals surface area contributed by atoms with Crippen LogP contribution in [-0.4, -0.2) is 59.4 Å². The van der Waals surface area contributed by atoms with Gasteiger partial charge >= 0.3 is 19.5 Å². The van der Waals surface area contributed by atoms with Crippen LogP contribution in [0.5, 0.6) is 0 Å². The number of nitrogens with two attached hydrogens (primary N) is 1. The molecule has 0 aliphatic carbocycles. The molecule has 3 rings (SSSR count). The largest absolute Gasteiger partial charge is 2.00 e. The van der Waals surface area contributed by atoms with E-state index in [1.165, 1.54) is 17.0 Å². The molecule has 0 radical (unpaired) electrons. The molecule has 0 saturated heterocycles. The molecule has 2 atom stereocenters. The van der Waals surface area contributed by atoms with Crippen LogP contribution in [0.15, 0.2) is 29.1 Å². The van der Waals surface area contributed by atoms with Crippen LogP contribution >= 0.6 is 0 Å². The summed E-state index contributed by atoms with van der Waals surface area (Å²) >= 11 is 0.